The molecule has 0 saturated carbocycles. The predicted molar refractivity (Wildman–Crippen MR) is 114 cm³/mol. The fraction of sp³-hybridized carbons (Fsp3) is 0.400. The topological polar surface area (TPSA) is 40.6 Å². The van der Waals surface area contributed by atoms with Gasteiger partial charge >= 0.3 is 0 Å². The predicted octanol–water partition coefficient (Wildman–Crippen LogP) is 4.48. The van der Waals surface area contributed by atoms with Gasteiger partial charge in [-0.25, -0.2) is 0 Å². The molecule has 2 aromatic rings. The van der Waals surface area contributed by atoms with Gasteiger partial charge in [-0.1, -0.05) is 18.2 Å². The van der Waals surface area contributed by atoms with Crippen LogP contribution in [-0.2, 0) is 6.54 Å². The average Bonchev–Trinajstić information content (AvgIpc) is 3.21. The van der Waals surface area contributed by atoms with Crippen LogP contribution in [0.4, 0.5) is 0 Å². The van der Waals surface area contributed by atoms with E-state index in [1.807, 2.05) is 41.3 Å². The van der Waals surface area contributed by atoms with Crippen LogP contribution in [0.3, 0.4) is 0 Å². The van der Waals surface area contributed by atoms with Crippen molar-refractivity contribution in [1.29, 1.82) is 0 Å². The number of Topliss-reactive ketones (excluding diaryl/α,β-unsaturated/α-hetero) is 1. The van der Waals surface area contributed by atoms with Crippen molar-refractivity contribution in [1.82, 2.24) is 9.80 Å². The lowest BCUT2D eigenvalue weighted by Gasteiger charge is -2.33. The van der Waals surface area contributed by atoms with Crippen molar-refractivity contribution in [3.8, 4) is 0 Å². The van der Waals surface area contributed by atoms with Gasteiger partial charge in [-0.2, -0.15) is 0 Å². The van der Waals surface area contributed by atoms with E-state index >= 15 is 0 Å². The summed E-state index contributed by atoms with van der Waals surface area (Å²) in [6.07, 6.45) is 2.09. The standard InChI is InChI=1S/C20H21BrN2O2S.ClH/c21-19-6-5-18(26-19)17(24)13-22-9-7-14(8-10-22)11-23-12-15-3-1-2-4-16(15)20(23)25;/h1-6,14H,7-13H2;1H. The van der Waals surface area contributed by atoms with E-state index in [1.165, 1.54) is 11.3 Å². The van der Waals surface area contributed by atoms with Crippen LogP contribution in [0.5, 0.6) is 0 Å². The Hall–Kier alpha value is -1.21. The van der Waals surface area contributed by atoms with Crippen molar-refractivity contribution in [2.45, 2.75) is 19.4 Å². The Balaban J connectivity index is 0.00000210. The van der Waals surface area contributed by atoms with E-state index in [4.69, 9.17) is 0 Å². The molecule has 4 nitrogen and oxygen atoms in total. The maximum Gasteiger partial charge on any atom is 0.254 e. The number of nitrogens with zero attached hydrogens (tertiary/aromatic N) is 2. The molecular formula is C20H22BrClN2O2S. The number of rotatable bonds is 5. The number of carbonyl (C=O) groups excluding carboxylic acids is 2. The van der Waals surface area contributed by atoms with E-state index in [0.717, 1.165) is 58.8 Å². The van der Waals surface area contributed by atoms with Gasteiger partial charge in [0.1, 0.15) is 0 Å². The first-order chi connectivity index (χ1) is 12.6. The zero-order valence-corrected chi connectivity index (χ0v) is 18.1. The summed E-state index contributed by atoms with van der Waals surface area (Å²) >= 11 is 4.91. The Morgan fingerprint density at radius 2 is 1.89 bits per heavy atom. The number of ketones is 1. The second-order valence-corrected chi connectivity index (χ2v) is 9.55. The fourth-order valence-electron chi connectivity index (χ4n) is 3.85. The number of amides is 1. The molecule has 144 valence electrons. The van der Waals surface area contributed by atoms with Gasteiger partial charge in [0, 0.05) is 18.7 Å². The number of hydrogen-bond donors (Lipinski definition) is 0. The second-order valence-electron chi connectivity index (χ2n) is 7.09. The van der Waals surface area contributed by atoms with Crippen molar-refractivity contribution in [2.75, 3.05) is 26.2 Å². The number of likely N-dealkylation sites (tertiary alicyclic amines) is 1. The minimum Gasteiger partial charge on any atom is -0.334 e. The summed E-state index contributed by atoms with van der Waals surface area (Å²) in [6, 6.07) is 11.7. The van der Waals surface area contributed by atoms with Crippen LogP contribution in [0.25, 0.3) is 0 Å². The number of fused-ring (bicyclic) bond motifs is 1. The molecule has 0 unspecified atom stereocenters. The van der Waals surface area contributed by atoms with Crippen LogP contribution in [-0.4, -0.2) is 47.7 Å². The van der Waals surface area contributed by atoms with Crippen molar-refractivity contribution < 1.29 is 9.59 Å². The minimum absolute atomic E-state index is 0. The SMILES string of the molecule is Cl.O=C(CN1CCC(CN2Cc3ccccc3C2=O)CC1)c1ccc(Br)s1. The molecule has 7 heteroatoms. The van der Waals surface area contributed by atoms with Crippen LogP contribution in [0.15, 0.2) is 40.2 Å². The Bertz CT molecular complexity index is 833. The van der Waals surface area contributed by atoms with Gasteiger partial charge in [0.25, 0.3) is 5.91 Å². The number of benzene rings is 1. The van der Waals surface area contributed by atoms with Crippen molar-refractivity contribution in [3.05, 3.63) is 56.2 Å². The maximum absolute atomic E-state index is 12.5. The average molecular weight is 470 g/mol. The maximum atomic E-state index is 12.5. The van der Waals surface area contributed by atoms with Gasteiger partial charge in [-0.15, -0.1) is 23.7 Å². The molecule has 1 aromatic heterocycles. The van der Waals surface area contributed by atoms with Crippen LogP contribution < -0.4 is 0 Å². The second kappa shape index (κ2) is 8.86. The highest BCUT2D eigenvalue weighted by Crippen LogP contribution is 2.27. The van der Waals surface area contributed by atoms with Gasteiger partial charge < -0.3 is 4.90 Å². The molecule has 2 aliphatic heterocycles. The summed E-state index contributed by atoms with van der Waals surface area (Å²) < 4.78 is 0.996. The number of hydrogen-bond acceptors (Lipinski definition) is 4. The van der Waals surface area contributed by atoms with Crippen LogP contribution in [0.2, 0.25) is 0 Å². The lowest BCUT2D eigenvalue weighted by Crippen LogP contribution is -2.40. The summed E-state index contributed by atoms with van der Waals surface area (Å²) in [7, 11) is 0. The highest BCUT2D eigenvalue weighted by Gasteiger charge is 2.30. The smallest absolute Gasteiger partial charge is 0.254 e. The molecular weight excluding hydrogens is 448 g/mol. The van der Waals surface area contributed by atoms with Crippen LogP contribution in [0.1, 0.15) is 38.4 Å². The first-order valence-corrected chi connectivity index (χ1v) is 10.6. The highest BCUT2D eigenvalue weighted by molar-refractivity contribution is 9.11. The molecule has 27 heavy (non-hydrogen) atoms. The molecule has 0 N–H and O–H groups in total. The van der Waals surface area contributed by atoms with Gasteiger partial charge in [0.2, 0.25) is 0 Å². The van der Waals surface area contributed by atoms with Crippen molar-refractivity contribution in [3.63, 3.8) is 0 Å². The number of piperidine rings is 1. The van der Waals surface area contributed by atoms with Crippen LogP contribution in [0, 0.1) is 5.92 Å². The summed E-state index contributed by atoms with van der Waals surface area (Å²) in [4.78, 5) is 29.9. The molecule has 1 aromatic carbocycles. The van der Waals surface area contributed by atoms with E-state index in [2.05, 4.69) is 20.8 Å². The molecule has 0 aliphatic carbocycles. The molecule has 0 spiro atoms. The Labute approximate surface area is 178 Å². The number of halogens is 2. The lowest BCUT2D eigenvalue weighted by atomic mass is 9.96. The lowest BCUT2D eigenvalue weighted by molar-refractivity contribution is 0.0708. The molecule has 0 atom stereocenters. The summed E-state index contributed by atoms with van der Waals surface area (Å²) in [6.45, 7) is 3.91. The molecule has 1 saturated heterocycles. The van der Waals surface area contributed by atoms with Gasteiger partial charge in [-0.05, 0) is 71.5 Å². The van der Waals surface area contributed by atoms with E-state index in [-0.39, 0.29) is 24.1 Å². The summed E-state index contributed by atoms with van der Waals surface area (Å²) in [5.74, 6) is 0.890. The van der Waals surface area contributed by atoms with Crippen molar-refractivity contribution >= 4 is 51.4 Å². The fourth-order valence-corrected chi connectivity index (χ4v) is 5.16. The number of thiophene rings is 1. The molecule has 0 bridgehead atoms. The largest absolute Gasteiger partial charge is 0.334 e. The Kier molecular flexibility index (Phi) is 6.74. The van der Waals surface area contributed by atoms with Gasteiger partial charge in [-0.3, -0.25) is 14.5 Å². The Morgan fingerprint density at radius 3 is 2.56 bits per heavy atom. The third-order valence-electron chi connectivity index (χ3n) is 5.30. The molecule has 4 rings (SSSR count). The minimum atomic E-state index is 0. The van der Waals surface area contributed by atoms with Gasteiger partial charge in [0.15, 0.2) is 5.78 Å². The summed E-state index contributed by atoms with van der Waals surface area (Å²) in [5.41, 5.74) is 2.00. The highest BCUT2D eigenvalue weighted by atomic mass is 79.9. The third kappa shape index (κ3) is 4.62. The third-order valence-corrected chi connectivity index (χ3v) is 6.96. The molecule has 3 heterocycles. The number of carbonyl (C=O) groups is 2. The Morgan fingerprint density at radius 1 is 1.15 bits per heavy atom. The molecule has 1 amide bonds. The van der Waals surface area contributed by atoms with Gasteiger partial charge in [0.05, 0.1) is 15.2 Å². The first kappa shape index (κ1) is 20.5. The zero-order valence-electron chi connectivity index (χ0n) is 14.9. The van der Waals surface area contributed by atoms with E-state index in [1.54, 1.807) is 0 Å². The zero-order chi connectivity index (χ0) is 18.1. The first-order valence-electron chi connectivity index (χ1n) is 8.98. The summed E-state index contributed by atoms with van der Waals surface area (Å²) in [5, 5.41) is 0. The van der Waals surface area contributed by atoms with E-state index in [9.17, 15) is 9.59 Å². The monoisotopic (exact) mass is 468 g/mol. The van der Waals surface area contributed by atoms with Crippen LogP contribution >= 0.6 is 39.7 Å². The molecule has 0 radical (unpaired) electrons. The van der Waals surface area contributed by atoms with E-state index in [0.29, 0.717) is 12.5 Å². The molecule has 1 fully saturated rings. The van der Waals surface area contributed by atoms with E-state index < -0.39 is 0 Å². The van der Waals surface area contributed by atoms with Crippen molar-refractivity contribution in [2.24, 2.45) is 5.92 Å². The quantitative estimate of drug-likeness (QED) is 0.606. The normalized spacial score (nSPS) is 17.7. The molecule has 2 aliphatic rings.